The first kappa shape index (κ1) is 20.7. The Morgan fingerprint density at radius 1 is 0.731 bits per heavy atom. The zero-order valence-electron chi connectivity index (χ0n) is 18.1. The van der Waals surface area contributed by atoms with Gasteiger partial charge in [-0.25, -0.2) is 0 Å². The molecule has 5 nitrogen and oxygen atoms in total. The molecular formula is C19H36B2O5. The van der Waals surface area contributed by atoms with E-state index in [1.54, 1.807) is 0 Å². The summed E-state index contributed by atoms with van der Waals surface area (Å²) in [7, 11) is -1.14. The normalized spacial score (nSPS) is 38.0. The highest BCUT2D eigenvalue weighted by Gasteiger charge is 2.65. The lowest BCUT2D eigenvalue weighted by Crippen LogP contribution is -2.59. The molecule has 3 fully saturated rings. The summed E-state index contributed by atoms with van der Waals surface area (Å²) in [6.07, 6.45) is 4.27. The molecule has 0 spiro atoms. The van der Waals surface area contributed by atoms with Gasteiger partial charge < -0.3 is 23.3 Å². The molecule has 3 rings (SSSR count). The third-order valence-corrected chi connectivity index (χ3v) is 7.49. The summed E-state index contributed by atoms with van der Waals surface area (Å²) < 4.78 is 31.8. The maximum absolute atomic E-state index is 6.60. The number of rotatable bonds is 3. The first-order valence-electron chi connectivity index (χ1n) is 10.1. The molecule has 0 bridgehead atoms. The Bertz CT molecular complexity index is 516. The summed E-state index contributed by atoms with van der Waals surface area (Å²) in [6.45, 7) is 18.8. The van der Waals surface area contributed by atoms with E-state index in [9.17, 15) is 0 Å². The molecule has 2 heterocycles. The second-order valence-corrected chi connectivity index (χ2v) is 10.4. The average Bonchev–Trinajstić information content (AvgIpc) is 2.81. The minimum absolute atomic E-state index is 0.296. The van der Waals surface area contributed by atoms with E-state index in [1.165, 1.54) is 6.42 Å². The van der Waals surface area contributed by atoms with Gasteiger partial charge in [-0.3, -0.25) is 0 Å². The Morgan fingerprint density at radius 3 is 1.65 bits per heavy atom. The van der Waals surface area contributed by atoms with Crippen LogP contribution in [0, 0.1) is 5.92 Å². The van der Waals surface area contributed by atoms with E-state index < -0.39 is 31.1 Å². The van der Waals surface area contributed by atoms with Crippen LogP contribution in [0.25, 0.3) is 0 Å². The van der Waals surface area contributed by atoms with Crippen molar-refractivity contribution in [2.24, 2.45) is 5.92 Å². The van der Waals surface area contributed by atoms with Crippen LogP contribution in [0.2, 0.25) is 0 Å². The minimum Gasteiger partial charge on any atom is -0.401 e. The molecule has 0 aromatic heterocycles. The fourth-order valence-electron chi connectivity index (χ4n) is 3.98. The third kappa shape index (κ3) is 3.18. The molecular weight excluding hydrogens is 330 g/mol. The van der Waals surface area contributed by atoms with Crippen LogP contribution in [0.4, 0.5) is 0 Å². The van der Waals surface area contributed by atoms with Crippen molar-refractivity contribution in [1.29, 1.82) is 0 Å². The third-order valence-electron chi connectivity index (χ3n) is 7.49. The first-order valence-corrected chi connectivity index (χ1v) is 10.1. The van der Waals surface area contributed by atoms with Crippen LogP contribution in [-0.4, -0.2) is 42.3 Å². The van der Waals surface area contributed by atoms with Crippen molar-refractivity contribution in [3.8, 4) is 0 Å². The summed E-state index contributed by atoms with van der Waals surface area (Å²) in [5.41, 5.74) is -2.19. The molecule has 0 radical (unpaired) electrons. The molecule has 1 aliphatic carbocycles. The van der Waals surface area contributed by atoms with E-state index in [4.69, 9.17) is 23.3 Å². The molecule has 0 aromatic rings. The quantitative estimate of drug-likeness (QED) is 0.702. The van der Waals surface area contributed by atoms with Crippen molar-refractivity contribution in [1.82, 2.24) is 0 Å². The van der Waals surface area contributed by atoms with Crippen molar-refractivity contribution >= 4 is 14.4 Å². The largest absolute Gasteiger partial charge is 0.640 e. The van der Waals surface area contributed by atoms with Gasteiger partial charge in [0.05, 0.1) is 27.9 Å². The SMILES string of the molecule is C[C@@H]1CCCCC1(OB1OC(C)(C)C(C)(C)O1)B1OC(C)(C)C(C)(C)O1. The first-order chi connectivity index (χ1) is 11.7. The van der Waals surface area contributed by atoms with E-state index in [2.05, 4.69) is 34.6 Å². The molecule has 2 aliphatic heterocycles. The fraction of sp³-hybridized carbons (Fsp3) is 1.00. The van der Waals surface area contributed by atoms with Crippen molar-refractivity contribution in [2.45, 2.75) is 116 Å². The Hall–Kier alpha value is -0.0701. The molecule has 26 heavy (non-hydrogen) atoms. The standard InChI is InChI=1S/C19H36B2O5/c1-14-12-10-11-13-19(14,20-22-15(2,3)16(4,5)23-20)26-21-24-17(6,7)18(8,9)25-21/h14H,10-13H2,1-9H3/t14-,19?/m1/s1. The van der Waals surface area contributed by atoms with Crippen LogP contribution in [0.5, 0.6) is 0 Å². The summed E-state index contributed by atoms with van der Waals surface area (Å²) in [5.74, 6) is 0.296. The van der Waals surface area contributed by atoms with Crippen LogP contribution in [0.1, 0.15) is 88.0 Å². The summed E-state index contributed by atoms with van der Waals surface area (Å²) in [6, 6.07) is 0. The predicted molar refractivity (Wildman–Crippen MR) is 104 cm³/mol. The van der Waals surface area contributed by atoms with Crippen LogP contribution in [0.15, 0.2) is 0 Å². The second kappa shape index (κ2) is 6.21. The molecule has 2 saturated heterocycles. The van der Waals surface area contributed by atoms with Gasteiger partial charge in [0.2, 0.25) is 0 Å². The Labute approximate surface area is 160 Å². The lowest BCUT2D eigenvalue weighted by molar-refractivity contribution is -0.0229. The van der Waals surface area contributed by atoms with Gasteiger partial charge in [-0.1, -0.05) is 19.8 Å². The molecule has 2 atom stereocenters. The van der Waals surface area contributed by atoms with E-state index in [0.717, 1.165) is 19.3 Å². The lowest BCUT2D eigenvalue weighted by Gasteiger charge is -2.44. The Kier molecular flexibility index (Phi) is 4.94. The maximum atomic E-state index is 6.60. The van der Waals surface area contributed by atoms with Crippen molar-refractivity contribution in [3.05, 3.63) is 0 Å². The summed E-state index contributed by atoms with van der Waals surface area (Å²) >= 11 is 0. The summed E-state index contributed by atoms with van der Waals surface area (Å²) in [4.78, 5) is 0. The van der Waals surface area contributed by atoms with E-state index >= 15 is 0 Å². The molecule has 0 N–H and O–H groups in total. The predicted octanol–water partition coefficient (Wildman–Crippen LogP) is 4.17. The van der Waals surface area contributed by atoms with Gasteiger partial charge in [0.25, 0.3) is 0 Å². The number of hydrogen-bond acceptors (Lipinski definition) is 5. The average molecular weight is 366 g/mol. The van der Waals surface area contributed by atoms with Crippen LogP contribution in [-0.2, 0) is 23.3 Å². The molecule has 3 aliphatic rings. The van der Waals surface area contributed by atoms with E-state index in [0.29, 0.717) is 5.92 Å². The lowest BCUT2D eigenvalue weighted by atomic mass is 9.54. The molecule has 0 amide bonds. The smallest absolute Gasteiger partial charge is 0.401 e. The molecule has 1 saturated carbocycles. The summed E-state index contributed by atoms with van der Waals surface area (Å²) in [5, 5.41) is 0. The maximum Gasteiger partial charge on any atom is 0.640 e. The van der Waals surface area contributed by atoms with E-state index in [1.807, 2.05) is 27.7 Å². The zero-order valence-corrected chi connectivity index (χ0v) is 18.1. The van der Waals surface area contributed by atoms with Gasteiger partial charge in [-0.2, -0.15) is 0 Å². The van der Waals surface area contributed by atoms with Gasteiger partial charge in [-0.15, -0.1) is 0 Å². The van der Waals surface area contributed by atoms with Crippen molar-refractivity contribution in [3.63, 3.8) is 0 Å². The highest BCUT2D eigenvalue weighted by molar-refractivity contribution is 6.51. The number of hydrogen-bond donors (Lipinski definition) is 0. The highest BCUT2D eigenvalue weighted by atomic mass is 16.8. The van der Waals surface area contributed by atoms with Gasteiger partial charge in [0.1, 0.15) is 0 Å². The highest BCUT2D eigenvalue weighted by Crippen LogP contribution is 2.49. The van der Waals surface area contributed by atoms with Crippen LogP contribution in [0.3, 0.4) is 0 Å². The molecule has 1 unspecified atom stereocenters. The van der Waals surface area contributed by atoms with Gasteiger partial charge in [0, 0.05) is 0 Å². The van der Waals surface area contributed by atoms with Gasteiger partial charge >= 0.3 is 14.4 Å². The Morgan fingerprint density at radius 2 is 1.19 bits per heavy atom. The van der Waals surface area contributed by atoms with Crippen LogP contribution >= 0.6 is 0 Å². The molecule has 148 valence electrons. The van der Waals surface area contributed by atoms with Gasteiger partial charge in [-0.05, 0) is 74.1 Å². The van der Waals surface area contributed by atoms with Crippen molar-refractivity contribution < 1.29 is 23.3 Å². The second-order valence-electron chi connectivity index (χ2n) is 10.4. The van der Waals surface area contributed by atoms with E-state index in [-0.39, 0.29) is 11.2 Å². The van der Waals surface area contributed by atoms with Gasteiger partial charge in [0.15, 0.2) is 0 Å². The zero-order chi connectivity index (χ0) is 19.6. The van der Waals surface area contributed by atoms with Crippen molar-refractivity contribution in [2.75, 3.05) is 0 Å². The molecule has 0 aromatic carbocycles. The monoisotopic (exact) mass is 366 g/mol. The fourth-order valence-corrected chi connectivity index (χ4v) is 3.98. The van der Waals surface area contributed by atoms with Crippen LogP contribution < -0.4 is 0 Å². The topological polar surface area (TPSA) is 46.2 Å². The molecule has 7 heteroatoms. The Balaban J connectivity index is 1.88. The minimum atomic E-state index is -0.709.